The van der Waals surface area contributed by atoms with Crippen molar-refractivity contribution in [2.24, 2.45) is 0 Å². The van der Waals surface area contributed by atoms with E-state index >= 15 is 0 Å². The van der Waals surface area contributed by atoms with Crippen molar-refractivity contribution >= 4 is 48.4 Å². The quantitative estimate of drug-likeness (QED) is 0.130. The summed E-state index contributed by atoms with van der Waals surface area (Å²) in [5, 5.41) is 2.47. The first-order chi connectivity index (χ1) is 19.3. The van der Waals surface area contributed by atoms with Gasteiger partial charge < -0.3 is 18.5 Å². The van der Waals surface area contributed by atoms with Gasteiger partial charge in [0.1, 0.15) is 0 Å². The molecule has 222 valence electrons. The predicted octanol–water partition coefficient (Wildman–Crippen LogP) is 7.81. The molecule has 3 rings (SSSR count). The summed E-state index contributed by atoms with van der Waals surface area (Å²) >= 11 is 2.30. The van der Waals surface area contributed by atoms with Crippen LogP contribution in [0.3, 0.4) is 0 Å². The first kappa shape index (κ1) is 34.0. The molecule has 2 aromatic carbocycles. The summed E-state index contributed by atoms with van der Waals surface area (Å²) < 4.78 is 27.7. The third-order valence-electron chi connectivity index (χ3n) is 8.35. The second kappa shape index (κ2) is 14.3. The van der Waals surface area contributed by atoms with Crippen LogP contribution in [0.5, 0.6) is 0 Å². The van der Waals surface area contributed by atoms with E-state index in [2.05, 4.69) is 161 Å². The molecule has 4 nitrogen and oxygen atoms in total. The molecule has 1 heterocycles. The molecule has 1 aliphatic heterocycles. The van der Waals surface area contributed by atoms with Crippen molar-refractivity contribution in [2.75, 3.05) is 7.11 Å². The molecule has 2 atom stereocenters. The molecule has 0 radical (unpaired) electrons. The fourth-order valence-corrected chi connectivity index (χ4v) is 10.4. The van der Waals surface area contributed by atoms with Gasteiger partial charge >= 0.3 is 7.12 Å². The molecule has 0 bridgehead atoms. The minimum Gasteiger partial charge on any atom is -0.401 e. The van der Waals surface area contributed by atoms with Crippen LogP contribution >= 0.6 is 22.6 Å². The van der Waals surface area contributed by atoms with E-state index in [0.717, 1.165) is 18.4 Å². The highest BCUT2D eigenvalue weighted by atomic mass is 127. The average molecular weight is 687 g/mol. The summed E-state index contributed by atoms with van der Waals surface area (Å²) in [4.78, 5) is 0. The maximum absolute atomic E-state index is 7.41. The number of hydrogen-bond donors (Lipinski definition) is 0. The van der Waals surface area contributed by atoms with E-state index in [0.29, 0.717) is 0 Å². The van der Waals surface area contributed by atoms with Crippen LogP contribution in [0.1, 0.15) is 68.2 Å². The summed E-state index contributed by atoms with van der Waals surface area (Å²) in [7, 11) is -1.24. The van der Waals surface area contributed by atoms with Crippen molar-refractivity contribution in [2.45, 2.75) is 96.7 Å². The van der Waals surface area contributed by atoms with Crippen molar-refractivity contribution in [3.05, 3.63) is 94.5 Å². The molecule has 1 saturated heterocycles. The molecule has 1 aliphatic rings. The van der Waals surface area contributed by atoms with Crippen LogP contribution < -0.4 is 10.4 Å². The normalized spacial score (nSPS) is 19.3. The van der Waals surface area contributed by atoms with Crippen LogP contribution in [0.25, 0.3) is 0 Å². The molecule has 2 aromatic rings. The van der Waals surface area contributed by atoms with Gasteiger partial charge in [-0.05, 0) is 60.5 Å². The van der Waals surface area contributed by atoms with E-state index < -0.39 is 8.32 Å². The van der Waals surface area contributed by atoms with E-state index in [-0.39, 0.29) is 35.6 Å². The Balaban J connectivity index is 1.82. The molecule has 0 aromatic heterocycles. The fraction of sp³-hybridized carbons (Fsp3) is 0.471. The summed E-state index contributed by atoms with van der Waals surface area (Å²) in [6.07, 6.45) is 7.93. The SMILES string of the molecule is CO[C@@H](C/C=C(C)/C=C/B1OC(C)(C)C(C)(C)O1)C[C@@H](/C=C/I)O[Si](c1ccccc1)(c1ccccc1)C(C)(C)C. The fourth-order valence-electron chi connectivity index (χ4n) is 5.30. The average Bonchev–Trinajstić information content (AvgIpc) is 3.14. The van der Waals surface area contributed by atoms with Crippen molar-refractivity contribution in [3.63, 3.8) is 0 Å². The molecule has 7 heteroatoms. The van der Waals surface area contributed by atoms with Crippen LogP contribution in [-0.4, -0.2) is 46.0 Å². The van der Waals surface area contributed by atoms with E-state index in [9.17, 15) is 0 Å². The molecule has 0 N–H and O–H groups in total. The van der Waals surface area contributed by atoms with Gasteiger partial charge in [-0.25, -0.2) is 0 Å². The van der Waals surface area contributed by atoms with Crippen LogP contribution in [0.15, 0.2) is 94.5 Å². The number of rotatable bonds is 12. The summed E-state index contributed by atoms with van der Waals surface area (Å²) in [5.74, 6) is 2.00. The highest BCUT2D eigenvalue weighted by molar-refractivity contribution is 14.1. The van der Waals surface area contributed by atoms with Gasteiger partial charge in [-0.3, -0.25) is 0 Å². The second-order valence-electron chi connectivity index (χ2n) is 12.9. The van der Waals surface area contributed by atoms with Crippen molar-refractivity contribution in [3.8, 4) is 0 Å². The first-order valence-electron chi connectivity index (χ1n) is 14.5. The lowest BCUT2D eigenvalue weighted by molar-refractivity contribution is 0.00578. The number of methoxy groups -OCH3 is 1. The second-order valence-corrected chi connectivity index (χ2v) is 17.9. The van der Waals surface area contributed by atoms with Crippen LogP contribution in [0.2, 0.25) is 5.04 Å². The third kappa shape index (κ3) is 8.33. The lowest BCUT2D eigenvalue weighted by Gasteiger charge is -2.45. The van der Waals surface area contributed by atoms with E-state index in [1.807, 2.05) is 5.98 Å². The summed E-state index contributed by atoms with van der Waals surface area (Å²) in [6.45, 7) is 17.3. The highest BCUT2D eigenvalue weighted by Gasteiger charge is 2.52. The Morgan fingerprint density at radius 3 is 1.90 bits per heavy atom. The Labute approximate surface area is 264 Å². The molecule has 1 fully saturated rings. The van der Waals surface area contributed by atoms with Gasteiger partial charge in [0.05, 0.1) is 23.4 Å². The molecule has 0 amide bonds. The zero-order valence-corrected chi connectivity index (χ0v) is 29.5. The van der Waals surface area contributed by atoms with Gasteiger partial charge in [0, 0.05) is 13.5 Å². The molecule has 0 spiro atoms. The Hall–Kier alpha value is -1.49. The lowest BCUT2D eigenvalue weighted by atomic mass is 9.89. The number of benzene rings is 2. The first-order valence-corrected chi connectivity index (χ1v) is 17.7. The van der Waals surface area contributed by atoms with Gasteiger partial charge in [0.25, 0.3) is 8.32 Å². The van der Waals surface area contributed by atoms with Gasteiger partial charge in [-0.1, -0.05) is 134 Å². The predicted molar refractivity (Wildman–Crippen MR) is 185 cm³/mol. The Morgan fingerprint density at radius 1 is 0.951 bits per heavy atom. The number of halogens is 1. The van der Waals surface area contributed by atoms with Gasteiger partial charge in [0.2, 0.25) is 0 Å². The standard InChI is InChI=1S/C34H48BIO4Si/c1-27(22-24-35-39-33(5,6)34(7,8)40-35)20-21-28(37-9)26-29(23-25-36)38-41(32(2,3)4,30-16-12-10-13-17-30)31-18-14-11-15-19-31/h10-20,22-25,28-29H,21,26H2,1-9H3/b24-22+,25-23+,27-20+/t28-,29+/m0/s1. The highest BCUT2D eigenvalue weighted by Crippen LogP contribution is 2.39. The number of ether oxygens (including phenoxy) is 1. The zero-order chi connectivity index (χ0) is 30.3. The van der Waals surface area contributed by atoms with Gasteiger partial charge in [0.15, 0.2) is 0 Å². The molecular weight excluding hydrogens is 638 g/mol. The molecule has 0 aliphatic carbocycles. The molecule has 0 unspecified atom stereocenters. The molecule has 0 saturated carbocycles. The third-order valence-corrected chi connectivity index (χ3v) is 13.8. The zero-order valence-electron chi connectivity index (χ0n) is 26.3. The minimum absolute atomic E-state index is 0.00557. The monoisotopic (exact) mass is 686 g/mol. The maximum Gasteiger partial charge on any atom is 0.487 e. The van der Waals surface area contributed by atoms with Gasteiger partial charge in [-0.15, -0.1) is 0 Å². The maximum atomic E-state index is 7.41. The Kier molecular flexibility index (Phi) is 11.9. The largest absolute Gasteiger partial charge is 0.487 e. The number of allylic oxidation sites excluding steroid dienone is 2. The Bertz CT molecular complexity index is 1130. The Morgan fingerprint density at radius 2 is 1.46 bits per heavy atom. The smallest absolute Gasteiger partial charge is 0.401 e. The number of hydrogen-bond acceptors (Lipinski definition) is 4. The van der Waals surface area contributed by atoms with E-state index in [4.69, 9.17) is 18.5 Å². The van der Waals surface area contributed by atoms with Crippen LogP contribution in [-0.2, 0) is 18.5 Å². The van der Waals surface area contributed by atoms with Crippen molar-refractivity contribution in [1.82, 2.24) is 0 Å². The van der Waals surface area contributed by atoms with Crippen LogP contribution in [0.4, 0.5) is 0 Å². The molecular formula is C34H48BIO4Si. The van der Waals surface area contributed by atoms with Crippen LogP contribution in [0, 0.1) is 0 Å². The van der Waals surface area contributed by atoms with E-state index in [1.54, 1.807) is 7.11 Å². The van der Waals surface area contributed by atoms with Crippen molar-refractivity contribution < 1.29 is 18.5 Å². The topological polar surface area (TPSA) is 36.9 Å². The summed E-state index contributed by atoms with van der Waals surface area (Å²) in [5.41, 5.74) is 0.468. The summed E-state index contributed by atoms with van der Waals surface area (Å²) in [6, 6.07) is 21.6. The van der Waals surface area contributed by atoms with Crippen molar-refractivity contribution in [1.29, 1.82) is 0 Å². The minimum atomic E-state index is -2.69. The van der Waals surface area contributed by atoms with Gasteiger partial charge in [-0.2, -0.15) is 0 Å². The van der Waals surface area contributed by atoms with E-state index in [1.165, 1.54) is 10.4 Å². The lowest BCUT2D eigenvalue weighted by Crippen LogP contribution is -2.67. The molecule has 41 heavy (non-hydrogen) atoms.